The maximum atomic E-state index is 9.45. The molecular weight excluding hydrogens is 192 g/mol. The SMILES string of the molecule is CCC(N)(N)CO[Si](O)(OC)OC. The predicted octanol–water partition coefficient (Wildman–Crippen LogP) is -1.25. The van der Waals surface area contributed by atoms with Gasteiger partial charge in [0.2, 0.25) is 0 Å². The number of rotatable bonds is 6. The molecule has 6 nitrogen and oxygen atoms in total. The van der Waals surface area contributed by atoms with Gasteiger partial charge in [0.15, 0.2) is 0 Å². The lowest BCUT2D eigenvalue weighted by molar-refractivity contribution is 0.00829. The summed E-state index contributed by atoms with van der Waals surface area (Å²) >= 11 is 0. The van der Waals surface area contributed by atoms with Gasteiger partial charge in [0, 0.05) is 14.2 Å². The maximum Gasteiger partial charge on any atom is 0.676 e. The third-order valence-electron chi connectivity index (χ3n) is 1.70. The van der Waals surface area contributed by atoms with Gasteiger partial charge in [-0.25, -0.2) is 0 Å². The highest BCUT2D eigenvalue weighted by Crippen LogP contribution is 2.06. The lowest BCUT2D eigenvalue weighted by atomic mass is 10.1. The van der Waals surface area contributed by atoms with Crippen LogP contribution in [0.4, 0.5) is 0 Å². The third-order valence-corrected chi connectivity index (χ3v) is 3.24. The lowest BCUT2D eigenvalue weighted by Crippen LogP contribution is -2.57. The second kappa shape index (κ2) is 5.01. The largest absolute Gasteiger partial charge is 0.676 e. The summed E-state index contributed by atoms with van der Waals surface area (Å²) < 4.78 is 14.3. The molecule has 0 aromatic rings. The standard InChI is InChI=1S/C6H18N2O4Si/c1-4-6(7,8)5-12-13(9,10-2)11-3/h9H,4-5,7-8H2,1-3H3. The average molecular weight is 210 g/mol. The Kier molecular flexibility index (Phi) is 5.00. The number of hydrogen-bond acceptors (Lipinski definition) is 6. The van der Waals surface area contributed by atoms with Gasteiger partial charge in [-0.2, -0.15) is 0 Å². The summed E-state index contributed by atoms with van der Waals surface area (Å²) in [6.07, 6.45) is 0.533. The van der Waals surface area contributed by atoms with Crippen molar-refractivity contribution in [2.45, 2.75) is 19.0 Å². The Morgan fingerprint density at radius 1 is 1.31 bits per heavy atom. The van der Waals surface area contributed by atoms with Crippen molar-refractivity contribution in [1.82, 2.24) is 0 Å². The molecule has 13 heavy (non-hydrogen) atoms. The fourth-order valence-electron chi connectivity index (χ4n) is 0.529. The highest BCUT2D eigenvalue weighted by atomic mass is 28.4. The summed E-state index contributed by atoms with van der Waals surface area (Å²) in [7, 11) is -0.879. The minimum Gasteiger partial charge on any atom is -0.367 e. The zero-order valence-corrected chi connectivity index (χ0v) is 9.24. The first-order valence-electron chi connectivity index (χ1n) is 3.93. The van der Waals surface area contributed by atoms with Crippen molar-refractivity contribution < 1.29 is 18.1 Å². The quantitative estimate of drug-likeness (QED) is 0.374. The van der Waals surface area contributed by atoms with Crippen LogP contribution in [0, 0.1) is 0 Å². The summed E-state index contributed by atoms with van der Waals surface area (Å²) in [6, 6.07) is 0. The molecule has 0 aliphatic carbocycles. The molecular formula is C6H18N2O4Si. The zero-order chi connectivity index (χ0) is 10.5. The topological polar surface area (TPSA) is 100.0 Å². The van der Waals surface area contributed by atoms with E-state index in [-0.39, 0.29) is 6.61 Å². The van der Waals surface area contributed by atoms with Gasteiger partial charge in [-0.05, 0) is 6.42 Å². The third kappa shape index (κ3) is 4.67. The molecule has 0 rings (SSSR count). The minimum absolute atomic E-state index is 0.00605. The van der Waals surface area contributed by atoms with E-state index in [0.29, 0.717) is 6.42 Å². The first-order valence-corrected chi connectivity index (χ1v) is 5.60. The van der Waals surface area contributed by atoms with E-state index in [9.17, 15) is 4.80 Å². The number of nitrogens with two attached hydrogens (primary N) is 2. The van der Waals surface area contributed by atoms with Gasteiger partial charge < -0.3 is 29.5 Å². The van der Waals surface area contributed by atoms with Gasteiger partial charge in [-0.15, -0.1) is 0 Å². The Morgan fingerprint density at radius 3 is 2.08 bits per heavy atom. The van der Waals surface area contributed by atoms with Crippen LogP contribution in [-0.2, 0) is 13.3 Å². The molecule has 0 fully saturated rings. The summed E-state index contributed by atoms with van der Waals surface area (Å²) in [6.45, 7) is 1.82. The molecule has 0 aromatic carbocycles. The van der Waals surface area contributed by atoms with Crippen LogP contribution in [0.15, 0.2) is 0 Å². The molecule has 80 valence electrons. The van der Waals surface area contributed by atoms with Gasteiger partial charge in [0.25, 0.3) is 0 Å². The van der Waals surface area contributed by atoms with Gasteiger partial charge in [0.1, 0.15) is 0 Å². The molecule has 0 atom stereocenters. The van der Waals surface area contributed by atoms with Crippen LogP contribution in [0.1, 0.15) is 13.3 Å². The minimum atomic E-state index is -3.48. The average Bonchev–Trinajstić information content (AvgIpc) is 2.14. The Hall–Kier alpha value is -0.0231. The maximum absolute atomic E-state index is 9.45. The van der Waals surface area contributed by atoms with E-state index in [1.165, 1.54) is 14.2 Å². The molecule has 0 amide bonds. The van der Waals surface area contributed by atoms with E-state index in [2.05, 4.69) is 8.85 Å². The molecule has 0 spiro atoms. The smallest absolute Gasteiger partial charge is 0.367 e. The second-order valence-electron chi connectivity index (χ2n) is 2.81. The van der Waals surface area contributed by atoms with Crippen LogP contribution in [0.3, 0.4) is 0 Å². The van der Waals surface area contributed by atoms with Crippen molar-refractivity contribution in [2.75, 3.05) is 20.8 Å². The molecule has 0 radical (unpaired) electrons. The van der Waals surface area contributed by atoms with Crippen molar-refractivity contribution in [3.8, 4) is 0 Å². The highest BCUT2D eigenvalue weighted by Gasteiger charge is 2.40. The monoisotopic (exact) mass is 210 g/mol. The summed E-state index contributed by atoms with van der Waals surface area (Å²) in [5.41, 5.74) is 10.2. The van der Waals surface area contributed by atoms with Crippen LogP contribution in [0.25, 0.3) is 0 Å². The Bertz CT molecular complexity index is 152. The van der Waals surface area contributed by atoms with Crippen LogP contribution in [0.2, 0.25) is 0 Å². The molecule has 0 aliphatic heterocycles. The normalized spacial score (nSPS) is 13.4. The Labute approximate surface area is 79.3 Å². The molecule has 7 heteroatoms. The summed E-state index contributed by atoms with van der Waals surface area (Å²) in [4.78, 5) is 9.45. The van der Waals surface area contributed by atoms with Crippen LogP contribution in [-0.4, -0.2) is 40.3 Å². The summed E-state index contributed by atoms with van der Waals surface area (Å²) in [5, 5.41) is 0. The first kappa shape index (κ1) is 13.0. The Balaban J connectivity index is 3.99. The molecule has 5 N–H and O–H groups in total. The van der Waals surface area contributed by atoms with Crippen LogP contribution >= 0.6 is 0 Å². The van der Waals surface area contributed by atoms with E-state index in [4.69, 9.17) is 15.9 Å². The van der Waals surface area contributed by atoms with E-state index < -0.39 is 14.7 Å². The molecule has 0 bridgehead atoms. The lowest BCUT2D eigenvalue weighted by Gasteiger charge is -2.26. The fourth-order valence-corrected chi connectivity index (χ4v) is 1.38. The van der Waals surface area contributed by atoms with Gasteiger partial charge >= 0.3 is 9.05 Å². The van der Waals surface area contributed by atoms with Crippen molar-refractivity contribution >= 4 is 9.05 Å². The molecule has 0 saturated carbocycles. The van der Waals surface area contributed by atoms with Gasteiger partial charge in [0.05, 0.1) is 12.3 Å². The van der Waals surface area contributed by atoms with E-state index >= 15 is 0 Å². The van der Waals surface area contributed by atoms with Crippen molar-refractivity contribution in [3.05, 3.63) is 0 Å². The van der Waals surface area contributed by atoms with Gasteiger partial charge in [-0.3, -0.25) is 0 Å². The van der Waals surface area contributed by atoms with E-state index in [1.807, 2.05) is 6.92 Å². The molecule has 0 aromatic heterocycles. The second-order valence-corrected chi connectivity index (χ2v) is 4.96. The molecule has 0 aliphatic rings. The molecule has 0 heterocycles. The highest BCUT2D eigenvalue weighted by molar-refractivity contribution is 6.51. The van der Waals surface area contributed by atoms with Crippen LogP contribution in [0.5, 0.6) is 0 Å². The Morgan fingerprint density at radius 2 is 1.77 bits per heavy atom. The molecule has 0 saturated heterocycles. The van der Waals surface area contributed by atoms with Gasteiger partial charge in [-0.1, -0.05) is 6.92 Å². The fraction of sp³-hybridized carbons (Fsp3) is 1.00. The summed E-state index contributed by atoms with van der Waals surface area (Å²) in [5.74, 6) is 0. The van der Waals surface area contributed by atoms with Crippen LogP contribution < -0.4 is 11.5 Å². The van der Waals surface area contributed by atoms with Crippen molar-refractivity contribution in [2.24, 2.45) is 11.5 Å². The van der Waals surface area contributed by atoms with E-state index in [1.54, 1.807) is 0 Å². The van der Waals surface area contributed by atoms with Crippen molar-refractivity contribution in [3.63, 3.8) is 0 Å². The zero-order valence-electron chi connectivity index (χ0n) is 8.24. The predicted molar refractivity (Wildman–Crippen MR) is 49.3 cm³/mol. The first-order chi connectivity index (χ1) is 5.89. The molecule has 0 unspecified atom stereocenters. The number of hydrogen-bond donors (Lipinski definition) is 3. The van der Waals surface area contributed by atoms with E-state index in [0.717, 1.165) is 0 Å². The van der Waals surface area contributed by atoms with Crippen molar-refractivity contribution in [1.29, 1.82) is 0 Å².